The van der Waals surface area contributed by atoms with Crippen LogP contribution in [0.25, 0.3) is 0 Å². The van der Waals surface area contributed by atoms with E-state index in [-0.39, 0.29) is 29.2 Å². The van der Waals surface area contributed by atoms with Crippen molar-refractivity contribution in [3.05, 3.63) is 65.7 Å². The topological polar surface area (TPSA) is 80.8 Å². The van der Waals surface area contributed by atoms with Crippen molar-refractivity contribution in [3.8, 4) is 5.75 Å². The van der Waals surface area contributed by atoms with Gasteiger partial charge in [0.1, 0.15) is 5.75 Å². The first-order valence-electron chi connectivity index (χ1n) is 9.68. The van der Waals surface area contributed by atoms with E-state index in [2.05, 4.69) is 0 Å². The lowest BCUT2D eigenvalue weighted by Crippen LogP contribution is -2.46. The van der Waals surface area contributed by atoms with Gasteiger partial charge in [-0.3, -0.25) is 9.59 Å². The van der Waals surface area contributed by atoms with Gasteiger partial charge in [-0.2, -0.15) is 0 Å². The summed E-state index contributed by atoms with van der Waals surface area (Å²) in [5, 5.41) is 0. The van der Waals surface area contributed by atoms with Crippen molar-refractivity contribution in [2.45, 2.75) is 32.4 Å². The number of carbonyl (C=O) groups is 2. The Bertz CT molecular complexity index is 970. The van der Waals surface area contributed by atoms with Crippen LogP contribution in [0.5, 0.6) is 5.75 Å². The van der Waals surface area contributed by atoms with Gasteiger partial charge in [0.05, 0.1) is 11.5 Å². The van der Waals surface area contributed by atoms with Crippen LogP contribution in [0.2, 0.25) is 0 Å². The van der Waals surface area contributed by atoms with Gasteiger partial charge in [-0.25, -0.2) is 8.42 Å². The maximum Gasteiger partial charge on any atom is 0.263 e. The smallest absolute Gasteiger partial charge is 0.263 e. The number of likely N-dealkylation sites (N-methyl/N-ethyl adjacent to an activating group) is 1. The third-order valence-electron chi connectivity index (χ3n) is 5.09. The van der Waals surface area contributed by atoms with E-state index in [9.17, 15) is 18.0 Å². The molecule has 0 spiro atoms. The van der Waals surface area contributed by atoms with Crippen LogP contribution in [0, 0.1) is 0 Å². The summed E-state index contributed by atoms with van der Waals surface area (Å²) in [6.07, 6.45) is -0.292. The molecule has 0 N–H and O–H groups in total. The molecule has 1 aliphatic heterocycles. The van der Waals surface area contributed by atoms with Crippen molar-refractivity contribution < 1.29 is 22.7 Å². The first-order valence-corrected chi connectivity index (χ1v) is 11.5. The molecule has 1 aliphatic rings. The predicted molar refractivity (Wildman–Crippen MR) is 111 cm³/mol. The molecule has 2 aromatic rings. The zero-order valence-electron chi connectivity index (χ0n) is 16.6. The normalized spacial score (nSPS) is 18.8. The number of sulfone groups is 1. The van der Waals surface area contributed by atoms with Gasteiger partial charge in [-0.1, -0.05) is 30.3 Å². The fourth-order valence-corrected chi connectivity index (χ4v) is 5.28. The van der Waals surface area contributed by atoms with E-state index in [0.717, 1.165) is 0 Å². The lowest BCUT2D eigenvalue weighted by atomic mass is 10.0. The molecule has 1 heterocycles. The molecule has 154 valence electrons. The first-order chi connectivity index (χ1) is 13.8. The summed E-state index contributed by atoms with van der Waals surface area (Å²) >= 11 is 0. The Hall–Kier alpha value is -2.67. The summed E-state index contributed by atoms with van der Waals surface area (Å²) in [5.74, 6) is 0.286. The highest BCUT2D eigenvalue weighted by Gasteiger charge is 2.35. The Morgan fingerprint density at radius 1 is 1.07 bits per heavy atom. The van der Waals surface area contributed by atoms with Gasteiger partial charge in [-0.15, -0.1) is 0 Å². The van der Waals surface area contributed by atoms with Crippen molar-refractivity contribution in [2.24, 2.45) is 0 Å². The Kier molecular flexibility index (Phi) is 6.37. The van der Waals surface area contributed by atoms with E-state index in [1.807, 2.05) is 25.1 Å². The summed E-state index contributed by atoms with van der Waals surface area (Å²) in [7, 11) is -3.07. The molecule has 2 aromatic carbocycles. The summed E-state index contributed by atoms with van der Waals surface area (Å²) < 4.78 is 29.2. The SMILES string of the molecule is CCN(C(=O)C(C)Oc1ccc(C(=O)c2ccccc2)cc1)C1CCS(=O)(=O)C1. The van der Waals surface area contributed by atoms with E-state index in [4.69, 9.17) is 4.74 Å². The predicted octanol–water partition coefficient (Wildman–Crippen LogP) is 2.72. The molecule has 29 heavy (non-hydrogen) atoms. The molecule has 0 saturated carbocycles. The number of carbonyl (C=O) groups excluding carboxylic acids is 2. The molecule has 1 amide bonds. The Morgan fingerprint density at radius 3 is 2.24 bits per heavy atom. The third-order valence-corrected chi connectivity index (χ3v) is 6.84. The first kappa shape index (κ1) is 21.0. The molecule has 0 bridgehead atoms. The minimum absolute atomic E-state index is 0.00952. The molecule has 1 fully saturated rings. The molecular formula is C22H25NO5S. The summed E-state index contributed by atoms with van der Waals surface area (Å²) in [6, 6.07) is 15.4. The molecular weight excluding hydrogens is 390 g/mol. The van der Waals surface area contributed by atoms with E-state index >= 15 is 0 Å². The summed E-state index contributed by atoms with van der Waals surface area (Å²) in [5.41, 5.74) is 1.14. The van der Waals surface area contributed by atoms with Crippen LogP contribution in [-0.4, -0.2) is 55.2 Å². The number of ketones is 1. The molecule has 0 aliphatic carbocycles. The molecule has 2 atom stereocenters. The minimum atomic E-state index is -3.07. The number of nitrogens with zero attached hydrogens (tertiary/aromatic N) is 1. The molecule has 3 rings (SSSR count). The highest BCUT2D eigenvalue weighted by atomic mass is 32.2. The van der Waals surface area contributed by atoms with Crippen molar-refractivity contribution in [1.29, 1.82) is 0 Å². The van der Waals surface area contributed by atoms with E-state index in [1.54, 1.807) is 48.2 Å². The van der Waals surface area contributed by atoms with Gasteiger partial charge in [-0.05, 0) is 44.5 Å². The van der Waals surface area contributed by atoms with Gasteiger partial charge in [0.15, 0.2) is 21.7 Å². The third kappa shape index (κ3) is 5.03. The molecule has 6 nitrogen and oxygen atoms in total. The molecule has 0 aromatic heterocycles. The monoisotopic (exact) mass is 415 g/mol. The van der Waals surface area contributed by atoms with Gasteiger partial charge < -0.3 is 9.64 Å². The quantitative estimate of drug-likeness (QED) is 0.650. The van der Waals surface area contributed by atoms with Gasteiger partial charge in [0.25, 0.3) is 5.91 Å². The molecule has 2 unspecified atom stereocenters. The lowest BCUT2D eigenvalue weighted by molar-refractivity contribution is -0.139. The lowest BCUT2D eigenvalue weighted by Gasteiger charge is -2.29. The second-order valence-electron chi connectivity index (χ2n) is 7.16. The molecule has 7 heteroatoms. The van der Waals surface area contributed by atoms with Crippen LogP contribution in [-0.2, 0) is 14.6 Å². The average Bonchev–Trinajstić information content (AvgIpc) is 3.08. The minimum Gasteiger partial charge on any atom is -0.481 e. The van der Waals surface area contributed by atoms with Gasteiger partial charge >= 0.3 is 0 Å². The zero-order valence-corrected chi connectivity index (χ0v) is 17.4. The van der Waals surface area contributed by atoms with E-state index < -0.39 is 15.9 Å². The van der Waals surface area contributed by atoms with Crippen molar-refractivity contribution >= 4 is 21.5 Å². The highest BCUT2D eigenvalue weighted by molar-refractivity contribution is 7.91. The van der Waals surface area contributed by atoms with E-state index in [1.165, 1.54) is 0 Å². The van der Waals surface area contributed by atoms with Gasteiger partial charge in [0, 0.05) is 23.7 Å². The number of hydrogen-bond donors (Lipinski definition) is 0. The highest BCUT2D eigenvalue weighted by Crippen LogP contribution is 2.21. The number of ether oxygens (including phenoxy) is 1. The Labute approximate surface area is 171 Å². The van der Waals surface area contributed by atoms with Crippen molar-refractivity contribution in [3.63, 3.8) is 0 Å². The van der Waals surface area contributed by atoms with Crippen molar-refractivity contribution in [2.75, 3.05) is 18.1 Å². The second kappa shape index (κ2) is 8.78. The maximum atomic E-state index is 12.8. The summed E-state index contributed by atoms with van der Waals surface area (Å²) in [4.78, 5) is 26.8. The van der Waals surface area contributed by atoms with Crippen LogP contribution >= 0.6 is 0 Å². The number of benzene rings is 2. The zero-order chi connectivity index (χ0) is 21.0. The van der Waals surface area contributed by atoms with Crippen LogP contribution in [0.3, 0.4) is 0 Å². The number of rotatable bonds is 7. The van der Waals surface area contributed by atoms with Crippen LogP contribution in [0.4, 0.5) is 0 Å². The Morgan fingerprint density at radius 2 is 1.69 bits per heavy atom. The number of hydrogen-bond acceptors (Lipinski definition) is 5. The van der Waals surface area contributed by atoms with Crippen LogP contribution < -0.4 is 4.74 Å². The molecule has 0 radical (unpaired) electrons. The standard InChI is InChI=1S/C22H25NO5S/c1-3-23(19-13-14-29(26,27)15-19)22(25)16(2)28-20-11-9-18(10-12-20)21(24)17-7-5-4-6-8-17/h4-12,16,19H,3,13-15H2,1-2H3. The fraction of sp³-hybridized carbons (Fsp3) is 0.364. The second-order valence-corrected chi connectivity index (χ2v) is 9.39. The Balaban J connectivity index is 1.64. The average molecular weight is 416 g/mol. The largest absolute Gasteiger partial charge is 0.481 e. The number of amides is 1. The van der Waals surface area contributed by atoms with E-state index in [0.29, 0.717) is 29.8 Å². The molecule has 1 saturated heterocycles. The fourth-order valence-electron chi connectivity index (χ4n) is 3.54. The van der Waals surface area contributed by atoms with Crippen molar-refractivity contribution in [1.82, 2.24) is 4.90 Å². The van der Waals surface area contributed by atoms with Crippen LogP contribution in [0.15, 0.2) is 54.6 Å². The van der Waals surface area contributed by atoms with Gasteiger partial charge in [0.2, 0.25) is 0 Å². The van der Waals surface area contributed by atoms with Crippen LogP contribution in [0.1, 0.15) is 36.2 Å². The summed E-state index contributed by atoms with van der Waals surface area (Å²) in [6.45, 7) is 3.91. The maximum absolute atomic E-state index is 12.8.